The Labute approximate surface area is 171 Å². The Bertz CT molecular complexity index is 1020. The standard InChI is InChI=1S/C19H22ClN5O2S/c1-4-6-12-9-16(26)23-18(21-12)25-15(22-17(27)19(2,3)11-20)10-13(24-25)14-7-5-8-28-14/h5,7-10H,4,6,11H2,1-3H3,(H,22,27)(H,21,23,26). The summed E-state index contributed by atoms with van der Waals surface area (Å²) < 4.78 is 1.46. The Morgan fingerprint density at radius 3 is 2.82 bits per heavy atom. The van der Waals surface area contributed by atoms with Crippen LogP contribution in [0.4, 0.5) is 5.82 Å². The first-order valence-corrected chi connectivity index (χ1v) is 10.4. The lowest BCUT2D eigenvalue weighted by Crippen LogP contribution is -2.33. The quantitative estimate of drug-likeness (QED) is 0.569. The molecule has 9 heteroatoms. The van der Waals surface area contributed by atoms with Crippen molar-refractivity contribution in [3.8, 4) is 16.5 Å². The van der Waals surface area contributed by atoms with Gasteiger partial charge in [0.2, 0.25) is 11.9 Å². The van der Waals surface area contributed by atoms with E-state index < -0.39 is 5.41 Å². The number of nitrogens with zero attached hydrogens (tertiary/aromatic N) is 3. The summed E-state index contributed by atoms with van der Waals surface area (Å²) in [7, 11) is 0. The fourth-order valence-electron chi connectivity index (χ4n) is 2.50. The van der Waals surface area contributed by atoms with Crippen LogP contribution < -0.4 is 10.9 Å². The number of carbonyl (C=O) groups excluding carboxylic acids is 1. The van der Waals surface area contributed by atoms with Crippen molar-refractivity contribution in [3.63, 3.8) is 0 Å². The molecular weight excluding hydrogens is 398 g/mol. The van der Waals surface area contributed by atoms with Crippen LogP contribution in [0, 0.1) is 5.41 Å². The number of carbonyl (C=O) groups is 1. The lowest BCUT2D eigenvalue weighted by atomic mass is 9.95. The van der Waals surface area contributed by atoms with Gasteiger partial charge in [0.15, 0.2) is 0 Å². The van der Waals surface area contributed by atoms with Gasteiger partial charge in [0.1, 0.15) is 11.5 Å². The van der Waals surface area contributed by atoms with E-state index in [1.807, 2.05) is 24.4 Å². The predicted molar refractivity (Wildman–Crippen MR) is 112 cm³/mol. The van der Waals surface area contributed by atoms with Crippen LogP contribution in [0.25, 0.3) is 16.5 Å². The van der Waals surface area contributed by atoms with Crippen LogP contribution in [0.5, 0.6) is 0 Å². The molecule has 28 heavy (non-hydrogen) atoms. The maximum Gasteiger partial charge on any atom is 0.252 e. The minimum Gasteiger partial charge on any atom is -0.310 e. The van der Waals surface area contributed by atoms with Crippen LogP contribution >= 0.6 is 22.9 Å². The second-order valence-electron chi connectivity index (χ2n) is 7.09. The zero-order chi connectivity index (χ0) is 20.3. The molecule has 148 valence electrons. The van der Waals surface area contributed by atoms with Gasteiger partial charge in [-0.3, -0.25) is 14.6 Å². The minimum atomic E-state index is -0.759. The highest BCUT2D eigenvalue weighted by atomic mass is 35.5. The number of rotatable bonds is 7. The molecule has 3 aromatic heterocycles. The van der Waals surface area contributed by atoms with Crippen molar-refractivity contribution in [2.24, 2.45) is 5.41 Å². The molecule has 7 nitrogen and oxygen atoms in total. The first-order chi connectivity index (χ1) is 13.3. The number of hydrogen-bond acceptors (Lipinski definition) is 5. The minimum absolute atomic E-state index is 0.172. The Kier molecular flexibility index (Phi) is 6.00. The molecule has 0 atom stereocenters. The van der Waals surface area contributed by atoms with Crippen molar-refractivity contribution in [2.75, 3.05) is 11.2 Å². The van der Waals surface area contributed by atoms with Crippen molar-refractivity contribution in [1.82, 2.24) is 19.7 Å². The average molecular weight is 420 g/mol. The van der Waals surface area contributed by atoms with Gasteiger partial charge in [-0.2, -0.15) is 9.78 Å². The molecule has 0 saturated heterocycles. The molecule has 0 bridgehead atoms. The van der Waals surface area contributed by atoms with Gasteiger partial charge < -0.3 is 5.32 Å². The highest BCUT2D eigenvalue weighted by Crippen LogP contribution is 2.28. The molecule has 1 amide bonds. The van der Waals surface area contributed by atoms with Crippen molar-refractivity contribution in [1.29, 1.82) is 0 Å². The van der Waals surface area contributed by atoms with Gasteiger partial charge in [-0.05, 0) is 31.7 Å². The number of nitrogens with one attached hydrogen (secondary N) is 2. The molecule has 3 aromatic rings. The van der Waals surface area contributed by atoms with E-state index in [0.717, 1.165) is 11.3 Å². The SMILES string of the molecule is CCCc1cc(=O)[nH]c(-n2nc(-c3cccs3)cc2NC(=O)C(C)(C)CCl)n1. The van der Waals surface area contributed by atoms with Crippen LogP contribution in [0.2, 0.25) is 0 Å². The lowest BCUT2D eigenvalue weighted by molar-refractivity contribution is -0.123. The summed E-state index contributed by atoms with van der Waals surface area (Å²) in [5.41, 5.74) is 0.329. The normalized spacial score (nSPS) is 11.6. The number of amides is 1. The Morgan fingerprint density at radius 2 is 2.18 bits per heavy atom. The van der Waals surface area contributed by atoms with Gasteiger partial charge in [-0.25, -0.2) is 4.98 Å². The lowest BCUT2D eigenvalue weighted by Gasteiger charge is -2.20. The summed E-state index contributed by atoms with van der Waals surface area (Å²) in [4.78, 5) is 32.9. The second kappa shape index (κ2) is 8.28. The first kappa shape index (κ1) is 20.3. The summed E-state index contributed by atoms with van der Waals surface area (Å²) in [5, 5.41) is 9.40. The Balaban J connectivity index is 2.09. The predicted octanol–water partition coefficient (Wildman–Crippen LogP) is 3.84. The third-order valence-electron chi connectivity index (χ3n) is 4.16. The van der Waals surface area contributed by atoms with E-state index in [0.29, 0.717) is 23.6 Å². The highest BCUT2D eigenvalue weighted by molar-refractivity contribution is 7.13. The molecule has 0 saturated carbocycles. The third kappa shape index (κ3) is 4.34. The van der Waals surface area contributed by atoms with E-state index in [2.05, 4.69) is 20.4 Å². The molecule has 0 aliphatic heterocycles. The molecule has 3 heterocycles. The van der Waals surface area contributed by atoms with Crippen LogP contribution in [0.15, 0.2) is 34.4 Å². The van der Waals surface area contributed by atoms with Gasteiger partial charge in [0, 0.05) is 23.7 Å². The molecule has 0 aliphatic rings. The smallest absolute Gasteiger partial charge is 0.252 e. The van der Waals surface area contributed by atoms with Crippen LogP contribution in [-0.4, -0.2) is 31.5 Å². The van der Waals surface area contributed by atoms with E-state index >= 15 is 0 Å². The summed E-state index contributed by atoms with van der Waals surface area (Å²) in [6, 6.07) is 7.11. The summed E-state index contributed by atoms with van der Waals surface area (Å²) in [6.07, 6.45) is 1.54. The Morgan fingerprint density at radius 1 is 1.39 bits per heavy atom. The van der Waals surface area contributed by atoms with Gasteiger partial charge >= 0.3 is 0 Å². The first-order valence-electron chi connectivity index (χ1n) is 8.96. The largest absolute Gasteiger partial charge is 0.310 e. The summed E-state index contributed by atoms with van der Waals surface area (Å²) in [6.45, 7) is 5.54. The number of aryl methyl sites for hydroxylation is 1. The van der Waals surface area contributed by atoms with E-state index in [1.165, 1.54) is 22.1 Å². The third-order valence-corrected chi connectivity index (χ3v) is 5.72. The molecule has 0 fully saturated rings. The molecule has 3 rings (SSSR count). The zero-order valence-electron chi connectivity index (χ0n) is 16.0. The zero-order valence-corrected chi connectivity index (χ0v) is 17.5. The molecule has 2 N–H and O–H groups in total. The average Bonchev–Trinajstić information content (AvgIpc) is 3.31. The maximum absolute atomic E-state index is 12.7. The van der Waals surface area contributed by atoms with Crippen molar-refractivity contribution in [3.05, 3.63) is 45.7 Å². The number of aromatic amines is 1. The molecule has 0 aromatic carbocycles. The van der Waals surface area contributed by atoms with Crippen LogP contribution in [-0.2, 0) is 11.2 Å². The van der Waals surface area contributed by atoms with Gasteiger partial charge in [0.05, 0.1) is 10.3 Å². The van der Waals surface area contributed by atoms with Gasteiger partial charge in [-0.1, -0.05) is 19.4 Å². The Hall–Kier alpha value is -2.45. The number of halogens is 1. The van der Waals surface area contributed by atoms with Crippen LogP contribution in [0.3, 0.4) is 0 Å². The van der Waals surface area contributed by atoms with E-state index in [1.54, 1.807) is 19.9 Å². The van der Waals surface area contributed by atoms with Crippen LogP contribution in [0.1, 0.15) is 32.9 Å². The fraction of sp³-hybridized carbons (Fsp3) is 0.368. The van der Waals surface area contributed by atoms with Gasteiger partial charge in [0.25, 0.3) is 5.56 Å². The summed E-state index contributed by atoms with van der Waals surface area (Å²) >= 11 is 7.47. The molecule has 0 spiro atoms. The summed E-state index contributed by atoms with van der Waals surface area (Å²) in [5.74, 6) is 0.612. The second-order valence-corrected chi connectivity index (χ2v) is 8.30. The molecule has 0 aliphatic carbocycles. The fourth-order valence-corrected chi connectivity index (χ4v) is 3.30. The molecule has 0 unspecified atom stereocenters. The van der Waals surface area contributed by atoms with E-state index in [-0.39, 0.29) is 23.3 Å². The maximum atomic E-state index is 12.7. The number of aromatic nitrogens is 4. The van der Waals surface area contributed by atoms with E-state index in [9.17, 15) is 9.59 Å². The number of hydrogen-bond donors (Lipinski definition) is 2. The van der Waals surface area contributed by atoms with E-state index in [4.69, 9.17) is 11.6 Å². The van der Waals surface area contributed by atoms with Gasteiger partial charge in [-0.15, -0.1) is 22.9 Å². The number of alkyl halides is 1. The monoisotopic (exact) mass is 419 g/mol. The highest BCUT2D eigenvalue weighted by Gasteiger charge is 2.28. The van der Waals surface area contributed by atoms with Crippen molar-refractivity contribution < 1.29 is 4.79 Å². The molecular formula is C19H22ClN5O2S. The molecule has 0 radical (unpaired) electrons. The topological polar surface area (TPSA) is 92.7 Å². The number of H-pyrrole nitrogens is 1. The van der Waals surface area contributed by atoms with Crippen molar-refractivity contribution in [2.45, 2.75) is 33.6 Å². The van der Waals surface area contributed by atoms with Crippen molar-refractivity contribution >= 4 is 34.7 Å². The number of thiophene rings is 1. The number of anilines is 1.